The molecule has 0 radical (unpaired) electrons. The zero-order valence-corrected chi connectivity index (χ0v) is 19.1. The number of ketones is 4. The standard InChI is InChI=1S/C25H25N3O7/c1-28(2)19-13-9-10-8-12-11(14-4-3-7-27-14)5-6-15(29)17(12)20(30)16(10)22(32)25(13,35)23(33)18(21(19)31)24(26)34/h3-7,10,13,16,18-19,27,29,35H,8-9H2,1-2H3,(H2,26,34)/t10-,13-,16?,18?,19-,25-/m0/s1. The fourth-order valence-electron chi connectivity index (χ4n) is 6.35. The molecule has 5 rings (SSSR count). The van der Waals surface area contributed by atoms with Crippen LogP contribution in [0.3, 0.4) is 0 Å². The maximum absolute atomic E-state index is 13.8. The molecular formula is C25H25N3O7. The molecule has 3 aliphatic rings. The molecule has 2 fully saturated rings. The van der Waals surface area contributed by atoms with Crippen LogP contribution in [0, 0.1) is 23.7 Å². The number of primary amides is 1. The fraction of sp³-hybridized carbons (Fsp3) is 0.400. The zero-order valence-electron chi connectivity index (χ0n) is 19.1. The van der Waals surface area contributed by atoms with Crippen LogP contribution in [0.15, 0.2) is 30.5 Å². The van der Waals surface area contributed by atoms with Gasteiger partial charge in [-0.1, -0.05) is 0 Å². The van der Waals surface area contributed by atoms with Gasteiger partial charge in [0.1, 0.15) is 5.75 Å². The number of phenols is 1. The Morgan fingerprint density at radius 2 is 1.86 bits per heavy atom. The molecule has 1 amide bonds. The van der Waals surface area contributed by atoms with Gasteiger partial charge in [0.2, 0.25) is 5.91 Å². The summed E-state index contributed by atoms with van der Waals surface area (Å²) in [5.41, 5.74) is 4.55. The molecule has 0 spiro atoms. The van der Waals surface area contributed by atoms with Crippen molar-refractivity contribution in [3.8, 4) is 17.0 Å². The Balaban J connectivity index is 1.67. The van der Waals surface area contributed by atoms with Crippen molar-refractivity contribution in [1.82, 2.24) is 9.88 Å². The molecular weight excluding hydrogens is 454 g/mol. The van der Waals surface area contributed by atoms with Gasteiger partial charge >= 0.3 is 0 Å². The predicted octanol–water partition coefficient (Wildman–Crippen LogP) is -0.138. The van der Waals surface area contributed by atoms with Gasteiger partial charge in [0, 0.05) is 23.4 Å². The van der Waals surface area contributed by atoms with Crippen molar-refractivity contribution in [3.05, 3.63) is 41.6 Å². The lowest BCUT2D eigenvalue weighted by Crippen LogP contribution is -2.74. The lowest BCUT2D eigenvalue weighted by Gasteiger charge is -2.52. The van der Waals surface area contributed by atoms with E-state index in [1.54, 1.807) is 32.4 Å². The molecule has 0 saturated heterocycles. The smallest absolute Gasteiger partial charge is 0.235 e. The van der Waals surface area contributed by atoms with E-state index in [-0.39, 0.29) is 24.2 Å². The first-order chi connectivity index (χ1) is 16.5. The summed E-state index contributed by atoms with van der Waals surface area (Å²) >= 11 is 0. The highest BCUT2D eigenvalue weighted by atomic mass is 16.3. The van der Waals surface area contributed by atoms with Crippen molar-refractivity contribution in [1.29, 1.82) is 0 Å². The lowest BCUT2D eigenvalue weighted by molar-refractivity contribution is -0.181. The van der Waals surface area contributed by atoms with E-state index in [1.165, 1.54) is 11.0 Å². The number of benzene rings is 1. The first-order valence-corrected chi connectivity index (χ1v) is 11.3. The van der Waals surface area contributed by atoms with E-state index < -0.39 is 64.4 Å². The first-order valence-electron chi connectivity index (χ1n) is 11.3. The van der Waals surface area contributed by atoms with Gasteiger partial charge in [-0.3, -0.25) is 28.9 Å². The molecule has 1 aromatic carbocycles. The van der Waals surface area contributed by atoms with E-state index in [0.29, 0.717) is 11.1 Å². The Kier molecular flexibility index (Phi) is 5.08. The quantitative estimate of drug-likeness (QED) is 0.441. The van der Waals surface area contributed by atoms with Gasteiger partial charge < -0.3 is 20.9 Å². The number of amides is 1. The molecule has 1 heterocycles. The van der Waals surface area contributed by atoms with Gasteiger partial charge in [-0.15, -0.1) is 0 Å². The SMILES string of the molecule is CN(C)[C@@H]1C(=O)C(C(N)=O)C(=O)[C@@]2(O)C(=O)C3C(=O)c4c(O)ccc(-c5ccc[nH]5)c4C[C@H]3C[C@@H]12. The molecule has 2 unspecified atom stereocenters. The van der Waals surface area contributed by atoms with Crippen molar-refractivity contribution >= 4 is 29.0 Å². The number of hydrogen-bond donors (Lipinski definition) is 4. The Labute approximate surface area is 200 Å². The molecule has 10 nitrogen and oxygen atoms in total. The third kappa shape index (κ3) is 2.99. The van der Waals surface area contributed by atoms with Crippen molar-refractivity contribution in [2.24, 2.45) is 29.4 Å². The molecule has 10 heteroatoms. The van der Waals surface area contributed by atoms with Crippen LogP contribution < -0.4 is 5.73 Å². The highest BCUT2D eigenvalue weighted by Gasteiger charge is 2.69. The summed E-state index contributed by atoms with van der Waals surface area (Å²) in [6.45, 7) is 0. The molecule has 0 bridgehead atoms. The van der Waals surface area contributed by atoms with Crippen LogP contribution in [-0.2, 0) is 25.6 Å². The van der Waals surface area contributed by atoms with Crippen LogP contribution >= 0.6 is 0 Å². The Bertz CT molecular complexity index is 1300. The molecule has 2 aromatic rings. The number of Topliss-reactive ketones (excluding diaryl/α,β-unsaturated/α-hetero) is 4. The average molecular weight is 479 g/mol. The maximum atomic E-state index is 13.8. The van der Waals surface area contributed by atoms with Gasteiger partial charge in [0.05, 0.1) is 17.5 Å². The van der Waals surface area contributed by atoms with Gasteiger partial charge in [-0.05, 0) is 62.7 Å². The lowest BCUT2D eigenvalue weighted by atomic mass is 9.52. The average Bonchev–Trinajstić information content (AvgIpc) is 3.30. The number of carbonyl (C=O) groups is 5. The minimum Gasteiger partial charge on any atom is -0.507 e. The molecule has 5 N–H and O–H groups in total. The largest absolute Gasteiger partial charge is 0.507 e. The monoisotopic (exact) mass is 479 g/mol. The van der Waals surface area contributed by atoms with Crippen molar-refractivity contribution < 1.29 is 34.2 Å². The minimum absolute atomic E-state index is 0.0176. The maximum Gasteiger partial charge on any atom is 0.235 e. The second-order valence-electron chi connectivity index (χ2n) is 9.86. The van der Waals surface area contributed by atoms with Crippen LogP contribution in [0.25, 0.3) is 11.3 Å². The number of phenolic OH excluding ortho intramolecular Hbond substituents is 1. The van der Waals surface area contributed by atoms with E-state index in [0.717, 1.165) is 5.69 Å². The molecule has 3 aliphatic carbocycles. The number of nitrogens with two attached hydrogens (primary N) is 1. The summed E-state index contributed by atoms with van der Waals surface area (Å²) in [6.07, 6.45) is 1.96. The number of fused-ring (bicyclic) bond motifs is 3. The van der Waals surface area contributed by atoms with Crippen LogP contribution in [0.4, 0.5) is 0 Å². The van der Waals surface area contributed by atoms with Crippen molar-refractivity contribution in [2.75, 3.05) is 14.1 Å². The zero-order chi connectivity index (χ0) is 25.4. The van der Waals surface area contributed by atoms with Gasteiger partial charge in [-0.25, -0.2) is 0 Å². The Hall–Kier alpha value is -3.63. The van der Waals surface area contributed by atoms with Gasteiger partial charge in [0.15, 0.2) is 34.7 Å². The summed E-state index contributed by atoms with van der Waals surface area (Å²) in [6, 6.07) is 5.54. The van der Waals surface area contributed by atoms with E-state index in [1.807, 2.05) is 6.07 Å². The number of aliphatic hydroxyl groups is 1. The molecule has 35 heavy (non-hydrogen) atoms. The summed E-state index contributed by atoms with van der Waals surface area (Å²) < 4.78 is 0. The van der Waals surface area contributed by atoms with Gasteiger partial charge in [0.25, 0.3) is 0 Å². The fourth-order valence-corrected chi connectivity index (χ4v) is 6.35. The van der Waals surface area contributed by atoms with E-state index in [4.69, 9.17) is 5.73 Å². The third-order valence-electron chi connectivity index (χ3n) is 7.83. The first kappa shape index (κ1) is 23.1. The van der Waals surface area contributed by atoms with E-state index in [9.17, 15) is 34.2 Å². The predicted molar refractivity (Wildman–Crippen MR) is 121 cm³/mol. The summed E-state index contributed by atoms with van der Waals surface area (Å²) in [5, 5.41) is 22.1. The Morgan fingerprint density at radius 1 is 1.14 bits per heavy atom. The number of carbonyl (C=O) groups excluding carboxylic acids is 5. The highest BCUT2D eigenvalue weighted by molar-refractivity contribution is 6.32. The van der Waals surface area contributed by atoms with E-state index in [2.05, 4.69) is 4.98 Å². The van der Waals surface area contributed by atoms with Crippen molar-refractivity contribution in [2.45, 2.75) is 24.5 Å². The molecule has 1 aromatic heterocycles. The highest BCUT2D eigenvalue weighted by Crippen LogP contribution is 2.51. The van der Waals surface area contributed by atoms with Crippen LogP contribution in [0.1, 0.15) is 22.3 Å². The van der Waals surface area contributed by atoms with Crippen molar-refractivity contribution in [3.63, 3.8) is 0 Å². The second-order valence-corrected chi connectivity index (χ2v) is 9.86. The number of rotatable bonds is 3. The number of H-pyrrole nitrogens is 1. The number of likely N-dealkylation sites (N-methyl/N-ethyl adjacent to an activating group) is 1. The number of aromatic amines is 1. The number of aromatic hydroxyl groups is 1. The van der Waals surface area contributed by atoms with Gasteiger partial charge in [-0.2, -0.15) is 0 Å². The summed E-state index contributed by atoms with van der Waals surface area (Å²) in [5.74, 6) is -10.5. The summed E-state index contributed by atoms with van der Waals surface area (Å²) in [4.78, 5) is 70.3. The number of nitrogens with zero attached hydrogens (tertiary/aromatic N) is 1. The van der Waals surface area contributed by atoms with E-state index >= 15 is 0 Å². The minimum atomic E-state index is -2.72. The van der Waals surface area contributed by atoms with Crippen LogP contribution in [-0.4, -0.2) is 74.9 Å². The van der Waals surface area contributed by atoms with Crippen LogP contribution in [0.5, 0.6) is 5.75 Å². The number of nitrogens with one attached hydrogen (secondary N) is 1. The molecule has 182 valence electrons. The Morgan fingerprint density at radius 3 is 2.46 bits per heavy atom. The topological polar surface area (TPSA) is 171 Å². The summed E-state index contributed by atoms with van der Waals surface area (Å²) in [7, 11) is 3.10. The van der Waals surface area contributed by atoms with Crippen LogP contribution in [0.2, 0.25) is 0 Å². The molecule has 0 aliphatic heterocycles. The molecule has 6 atom stereocenters. The number of aromatic nitrogens is 1. The number of hydrogen-bond acceptors (Lipinski definition) is 8. The normalized spacial score (nSPS) is 32.3. The third-order valence-corrected chi connectivity index (χ3v) is 7.83. The second kappa shape index (κ2) is 7.69. The molecule has 2 saturated carbocycles.